The van der Waals surface area contributed by atoms with Crippen LogP contribution < -0.4 is 5.32 Å². The third-order valence-corrected chi connectivity index (χ3v) is 3.11. The molecule has 0 spiro atoms. The zero-order valence-corrected chi connectivity index (χ0v) is 8.62. The van der Waals surface area contributed by atoms with Crippen LogP contribution in [-0.2, 0) is 9.59 Å². The fourth-order valence-electron chi connectivity index (χ4n) is 2.03. The Morgan fingerprint density at radius 1 is 1.50 bits per heavy atom. The molecule has 2 aliphatic rings. The van der Waals surface area contributed by atoms with Crippen molar-refractivity contribution in [2.24, 2.45) is 5.92 Å². The summed E-state index contributed by atoms with van der Waals surface area (Å²) in [6.07, 6.45) is 1.73. The van der Waals surface area contributed by atoms with Crippen LogP contribution in [0.3, 0.4) is 0 Å². The molecule has 0 radical (unpaired) electrons. The van der Waals surface area contributed by atoms with Crippen LogP contribution in [0.25, 0.3) is 0 Å². The molecule has 1 aliphatic heterocycles. The van der Waals surface area contributed by atoms with Crippen LogP contribution in [-0.4, -0.2) is 35.3 Å². The number of nitrogens with one attached hydrogen (secondary N) is 1. The van der Waals surface area contributed by atoms with Crippen LogP contribution in [0.15, 0.2) is 0 Å². The van der Waals surface area contributed by atoms with Gasteiger partial charge in [0.2, 0.25) is 11.8 Å². The molecule has 14 heavy (non-hydrogen) atoms. The van der Waals surface area contributed by atoms with Gasteiger partial charge in [-0.3, -0.25) is 9.59 Å². The van der Waals surface area contributed by atoms with Gasteiger partial charge in [-0.2, -0.15) is 0 Å². The van der Waals surface area contributed by atoms with E-state index < -0.39 is 0 Å². The van der Waals surface area contributed by atoms with E-state index in [4.69, 9.17) is 0 Å². The summed E-state index contributed by atoms with van der Waals surface area (Å²) in [6, 6.07) is 0.0339. The summed E-state index contributed by atoms with van der Waals surface area (Å²) in [4.78, 5) is 24.9. The van der Waals surface area contributed by atoms with E-state index in [1.165, 1.54) is 0 Å². The number of nitrogens with zero attached hydrogens (tertiary/aromatic N) is 1. The summed E-state index contributed by atoms with van der Waals surface area (Å²) in [5.74, 6) is 0.652. The van der Waals surface area contributed by atoms with Crippen molar-refractivity contribution in [3.63, 3.8) is 0 Å². The molecule has 0 aromatic carbocycles. The second-order valence-corrected chi connectivity index (χ2v) is 4.27. The number of piperazine rings is 1. The Morgan fingerprint density at radius 2 is 2.14 bits per heavy atom. The average molecular weight is 196 g/mol. The molecular formula is C10H16N2O2. The van der Waals surface area contributed by atoms with Gasteiger partial charge in [0.05, 0.1) is 6.54 Å². The molecule has 1 saturated heterocycles. The van der Waals surface area contributed by atoms with E-state index in [2.05, 4.69) is 12.2 Å². The standard InChI is InChI=1S/C10H16N2O2/c1-3-7-10(14)12(5-9(13)11-7)8-4-6(8)2/h6-8H,3-5H2,1-2H3,(H,11,13). The van der Waals surface area contributed by atoms with Crippen molar-refractivity contribution in [2.75, 3.05) is 6.54 Å². The summed E-state index contributed by atoms with van der Waals surface area (Å²) in [5, 5.41) is 2.71. The van der Waals surface area contributed by atoms with Crippen molar-refractivity contribution in [1.82, 2.24) is 10.2 Å². The predicted octanol–water partition coefficient (Wildman–Crippen LogP) is 0.132. The summed E-state index contributed by atoms with van der Waals surface area (Å²) in [5.41, 5.74) is 0. The SMILES string of the molecule is CCC1NC(=O)CN(C2CC2C)C1=O. The van der Waals surface area contributed by atoms with E-state index in [0.29, 0.717) is 18.4 Å². The largest absolute Gasteiger partial charge is 0.343 e. The molecule has 0 bridgehead atoms. The molecule has 1 saturated carbocycles. The highest BCUT2D eigenvalue weighted by molar-refractivity contribution is 5.95. The molecule has 2 fully saturated rings. The molecular weight excluding hydrogens is 180 g/mol. The number of carbonyl (C=O) groups is 2. The number of hydrogen-bond donors (Lipinski definition) is 1. The second-order valence-electron chi connectivity index (χ2n) is 4.27. The molecule has 0 aromatic rings. The third-order valence-electron chi connectivity index (χ3n) is 3.11. The molecule has 4 nitrogen and oxygen atoms in total. The first-order chi connectivity index (χ1) is 6.63. The molecule has 2 rings (SSSR count). The molecule has 1 N–H and O–H groups in total. The van der Waals surface area contributed by atoms with Crippen molar-refractivity contribution in [3.05, 3.63) is 0 Å². The maximum absolute atomic E-state index is 11.8. The summed E-state index contributed by atoms with van der Waals surface area (Å²) in [7, 11) is 0. The maximum Gasteiger partial charge on any atom is 0.245 e. The Bertz CT molecular complexity index is 277. The number of carbonyl (C=O) groups excluding carboxylic acids is 2. The van der Waals surface area contributed by atoms with Gasteiger partial charge in [0, 0.05) is 6.04 Å². The van der Waals surface area contributed by atoms with Crippen LogP contribution in [0.2, 0.25) is 0 Å². The van der Waals surface area contributed by atoms with Gasteiger partial charge >= 0.3 is 0 Å². The topological polar surface area (TPSA) is 49.4 Å². The quantitative estimate of drug-likeness (QED) is 0.682. The first-order valence-electron chi connectivity index (χ1n) is 5.23. The van der Waals surface area contributed by atoms with Gasteiger partial charge in [-0.25, -0.2) is 0 Å². The van der Waals surface area contributed by atoms with Crippen LogP contribution in [0, 0.1) is 5.92 Å². The van der Waals surface area contributed by atoms with Crippen LogP contribution in [0.1, 0.15) is 26.7 Å². The summed E-state index contributed by atoms with van der Waals surface area (Å²) in [6.45, 7) is 4.29. The Kier molecular flexibility index (Phi) is 2.21. The lowest BCUT2D eigenvalue weighted by molar-refractivity contribution is -0.145. The van der Waals surface area contributed by atoms with Gasteiger partial charge in [0.1, 0.15) is 6.04 Å². The molecule has 0 aromatic heterocycles. The number of rotatable bonds is 2. The Morgan fingerprint density at radius 3 is 2.64 bits per heavy atom. The first-order valence-corrected chi connectivity index (χ1v) is 5.23. The lowest BCUT2D eigenvalue weighted by Gasteiger charge is -2.32. The van der Waals surface area contributed by atoms with Crippen molar-refractivity contribution < 1.29 is 9.59 Å². The molecule has 78 valence electrons. The van der Waals surface area contributed by atoms with Crippen LogP contribution in [0.4, 0.5) is 0 Å². The number of hydrogen-bond acceptors (Lipinski definition) is 2. The third kappa shape index (κ3) is 1.49. The Labute approximate surface area is 83.6 Å². The molecule has 3 atom stereocenters. The molecule has 2 amide bonds. The zero-order chi connectivity index (χ0) is 10.3. The van der Waals surface area contributed by atoms with Gasteiger partial charge in [-0.15, -0.1) is 0 Å². The van der Waals surface area contributed by atoms with E-state index in [0.717, 1.165) is 6.42 Å². The predicted molar refractivity (Wildman–Crippen MR) is 51.5 cm³/mol. The van der Waals surface area contributed by atoms with Gasteiger partial charge in [-0.1, -0.05) is 13.8 Å². The number of amides is 2. The molecule has 1 heterocycles. The molecule has 1 aliphatic carbocycles. The fraction of sp³-hybridized carbons (Fsp3) is 0.800. The van der Waals surface area contributed by atoms with E-state index in [9.17, 15) is 9.59 Å². The Hall–Kier alpha value is -1.06. The van der Waals surface area contributed by atoms with Crippen molar-refractivity contribution in [2.45, 2.75) is 38.8 Å². The lowest BCUT2D eigenvalue weighted by atomic mass is 10.1. The van der Waals surface area contributed by atoms with Crippen LogP contribution in [0.5, 0.6) is 0 Å². The van der Waals surface area contributed by atoms with E-state index in [-0.39, 0.29) is 24.4 Å². The smallest absolute Gasteiger partial charge is 0.245 e. The fourth-order valence-corrected chi connectivity index (χ4v) is 2.03. The van der Waals surface area contributed by atoms with Crippen molar-refractivity contribution in [1.29, 1.82) is 0 Å². The van der Waals surface area contributed by atoms with Crippen molar-refractivity contribution >= 4 is 11.8 Å². The minimum Gasteiger partial charge on any atom is -0.343 e. The van der Waals surface area contributed by atoms with Gasteiger partial charge in [-0.05, 0) is 18.8 Å². The second kappa shape index (κ2) is 3.26. The average Bonchev–Trinajstić information content (AvgIpc) is 2.86. The highest BCUT2D eigenvalue weighted by Crippen LogP contribution is 2.35. The zero-order valence-electron chi connectivity index (χ0n) is 8.62. The van der Waals surface area contributed by atoms with E-state index in [1.807, 2.05) is 6.92 Å². The Balaban J connectivity index is 2.08. The van der Waals surface area contributed by atoms with Gasteiger partial charge in [0.15, 0.2) is 0 Å². The normalized spacial score (nSPS) is 37.0. The lowest BCUT2D eigenvalue weighted by Crippen LogP contribution is -2.58. The van der Waals surface area contributed by atoms with Crippen molar-refractivity contribution in [3.8, 4) is 0 Å². The van der Waals surface area contributed by atoms with Crippen LogP contribution >= 0.6 is 0 Å². The van der Waals surface area contributed by atoms with E-state index >= 15 is 0 Å². The first kappa shape index (κ1) is 9.49. The molecule has 3 unspecified atom stereocenters. The van der Waals surface area contributed by atoms with Gasteiger partial charge < -0.3 is 10.2 Å². The summed E-state index contributed by atoms with van der Waals surface area (Å²) < 4.78 is 0. The van der Waals surface area contributed by atoms with E-state index in [1.54, 1.807) is 4.90 Å². The maximum atomic E-state index is 11.8. The highest BCUT2D eigenvalue weighted by Gasteiger charge is 2.44. The minimum atomic E-state index is -0.288. The minimum absolute atomic E-state index is 0.0180. The molecule has 4 heteroatoms. The summed E-state index contributed by atoms with van der Waals surface area (Å²) >= 11 is 0. The monoisotopic (exact) mass is 196 g/mol. The highest BCUT2D eigenvalue weighted by atomic mass is 16.2. The van der Waals surface area contributed by atoms with Gasteiger partial charge in [0.25, 0.3) is 0 Å².